The maximum Gasteiger partial charge on any atom is 0.256 e. The van der Waals surface area contributed by atoms with Crippen LogP contribution in [0.4, 0.5) is 0 Å². The van der Waals surface area contributed by atoms with E-state index in [1.165, 1.54) is 0 Å². The lowest BCUT2D eigenvalue weighted by molar-refractivity contribution is -0.159. The maximum absolute atomic E-state index is 12.9. The molecule has 0 unspecified atom stereocenters. The standard InChI is InChI=1S/C19H30N2O4/c1-5-11-20(2)14-19(23)10-7-12-21(18(19)22)13-15-8-6-9-16(24-3)17(15)25-4/h6,8-9,23H,5,7,10-14H2,1-4H3/t19-/m0/s1. The molecule has 1 aromatic rings. The molecule has 0 aliphatic carbocycles. The monoisotopic (exact) mass is 350 g/mol. The van der Waals surface area contributed by atoms with Crippen molar-refractivity contribution in [3.8, 4) is 11.5 Å². The summed E-state index contributed by atoms with van der Waals surface area (Å²) >= 11 is 0. The summed E-state index contributed by atoms with van der Waals surface area (Å²) < 4.78 is 10.8. The fourth-order valence-corrected chi connectivity index (χ4v) is 3.55. The summed E-state index contributed by atoms with van der Waals surface area (Å²) in [5.74, 6) is 1.07. The summed E-state index contributed by atoms with van der Waals surface area (Å²) in [6.45, 7) is 4.35. The van der Waals surface area contributed by atoms with Gasteiger partial charge in [0.25, 0.3) is 5.91 Å². The molecule has 1 aromatic carbocycles. The zero-order valence-corrected chi connectivity index (χ0v) is 15.7. The number of hydrogen-bond donors (Lipinski definition) is 1. The van der Waals surface area contributed by atoms with Crippen LogP contribution in [0, 0.1) is 0 Å². The van der Waals surface area contributed by atoms with Crippen molar-refractivity contribution in [3.63, 3.8) is 0 Å². The summed E-state index contributed by atoms with van der Waals surface area (Å²) in [5, 5.41) is 10.9. The fourth-order valence-electron chi connectivity index (χ4n) is 3.55. The van der Waals surface area contributed by atoms with Gasteiger partial charge in [0.15, 0.2) is 17.1 Å². The molecule has 1 heterocycles. The van der Waals surface area contributed by atoms with Gasteiger partial charge in [-0.15, -0.1) is 0 Å². The Morgan fingerprint density at radius 3 is 2.72 bits per heavy atom. The van der Waals surface area contributed by atoms with Crippen molar-refractivity contribution in [2.75, 3.05) is 40.9 Å². The Hall–Kier alpha value is -1.79. The Bertz CT molecular complexity index is 593. The Morgan fingerprint density at radius 1 is 1.32 bits per heavy atom. The zero-order valence-electron chi connectivity index (χ0n) is 15.7. The molecular weight excluding hydrogens is 320 g/mol. The number of nitrogens with zero attached hydrogens (tertiary/aromatic N) is 2. The zero-order chi connectivity index (χ0) is 18.4. The molecule has 1 fully saturated rings. The van der Waals surface area contributed by atoms with Crippen LogP contribution in [-0.2, 0) is 11.3 Å². The number of para-hydroxylation sites is 1. The molecular formula is C19H30N2O4. The Balaban J connectivity index is 2.16. The second-order valence-corrected chi connectivity index (χ2v) is 6.75. The number of likely N-dealkylation sites (tertiary alicyclic amines) is 1. The van der Waals surface area contributed by atoms with Crippen LogP contribution in [0.2, 0.25) is 0 Å². The number of methoxy groups -OCH3 is 2. The van der Waals surface area contributed by atoms with Crippen molar-refractivity contribution in [1.29, 1.82) is 0 Å². The molecule has 1 amide bonds. The number of piperidine rings is 1. The minimum absolute atomic E-state index is 0.202. The number of aliphatic hydroxyl groups is 1. The average Bonchev–Trinajstić information content (AvgIpc) is 2.59. The Morgan fingerprint density at radius 2 is 2.08 bits per heavy atom. The highest BCUT2D eigenvalue weighted by molar-refractivity contribution is 5.86. The summed E-state index contributed by atoms with van der Waals surface area (Å²) in [4.78, 5) is 16.7. The first-order valence-corrected chi connectivity index (χ1v) is 8.85. The van der Waals surface area contributed by atoms with Crippen LogP contribution in [0.25, 0.3) is 0 Å². The molecule has 140 valence electrons. The van der Waals surface area contributed by atoms with Crippen molar-refractivity contribution in [2.45, 2.75) is 38.3 Å². The van der Waals surface area contributed by atoms with Crippen molar-refractivity contribution in [2.24, 2.45) is 0 Å². The summed E-state index contributed by atoms with van der Waals surface area (Å²) in [7, 11) is 5.13. The van der Waals surface area contributed by atoms with Gasteiger partial charge in [-0.1, -0.05) is 19.1 Å². The van der Waals surface area contributed by atoms with Crippen LogP contribution in [-0.4, -0.2) is 67.3 Å². The molecule has 6 nitrogen and oxygen atoms in total. The molecule has 1 aliphatic rings. The smallest absolute Gasteiger partial charge is 0.256 e. The van der Waals surface area contributed by atoms with Gasteiger partial charge in [0.1, 0.15) is 0 Å². The van der Waals surface area contributed by atoms with E-state index >= 15 is 0 Å². The predicted molar refractivity (Wildman–Crippen MR) is 96.9 cm³/mol. The van der Waals surface area contributed by atoms with E-state index in [2.05, 4.69) is 6.92 Å². The quantitative estimate of drug-likeness (QED) is 0.776. The lowest BCUT2D eigenvalue weighted by Gasteiger charge is -2.40. The molecule has 1 atom stereocenters. The number of benzene rings is 1. The molecule has 0 spiro atoms. The van der Waals surface area contributed by atoms with Gasteiger partial charge in [0.2, 0.25) is 0 Å². The van der Waals surface area contributed by atoms with E-state index in [0.29, 0.717) is 37.6 Å². The van der Waals surface area contributed by atoms with Crippen LogP contribution in [0.5, 0.6) is 11.5 Å². The minimum Gasteiger partial charge on any atom is -0.493 e. The van der Waals surface area contributed by atoms with Crippen LogP contribution in [0.3, 0.4) is 0 Å². The predicted octanol–water partition coefficient (Wildman–Crippen LogP) is 1.90. The van der Waals surface area contributed by atoms with E-state index < -0.39 is 5.60 Å². The van der Waals surface area contributed by atoms with Crippen LogP contribution < -0.4 is 9.47 Å². The summed E-state index contributed by atoms with van der Waals surface area (Å²) in [5.41, 5.74) is -0.435. The van der Waals surface area contributed by atoms with Gasteiger partial charge in [-0.25, -0.2) is 0 Å². The second-order valence-electron chi connectivity index (χ2n) is 6.75. The van der Waals surface area contributed by atoms with Crippen molar-refractivity contribution in [3.05, 3.63) is 23.8 Å². The molecule has 0 bridgehead atoms. The van der Waals surface area contributed by atoms with Gasteiger partial charge in [-0.3, -0.25) is 4.79 Å². The lowest BCUT2D eigenvalue weighted by Crippen LogP contribution is -2.57. The molecule has 6 heteroatoms. The van der Waals surface area contributed by atoms with Gasteiger partial charge < -0.3 is 24.4 Å². The molecule has 2 rings (SSSR count). The first kappa shape index (κ1) is 19.5. The molecule has 0 radical (unpaired) electrons. The number of likely N-dealkylation sites (N-methyl/N-ethyl adjacent to an activating group) is 1. The lowest BCUT2D eigenvalue weighted by atomic mass is 9.90. The van der Waals surface area contributed by atoms with Gasteiger partial charge >= 0.3 is 0 Å². The van der Waals surface area contributed by atoms with Gasteiger partial charge in [-0.2, -0.15) is 0 Å². The van der Waals surface area contributed by atoms with Crippen LogP contribution in [0.1, 0.15) is 31.7 Å². The van der Waals surface area contributed by atoms with E-state index in [9.17, 15) is 9.90 Å². The molecule has 1 saturated heterocycles. The highest BCUT2D eigenvalue weighted by Crippen LogP contribution is 2.33. The molecule has 0 saturated carbocycles. The maximum atomic E-state index is 12.9. The molecule has 25 heavy (non-hydrogen) atoms. The number of carbonyl (C=O) groups is 1. The van der Waals surface area contributed by atoms with Crippen molar-refractivity contribution < 1.29 is 19.4 Å². The van der Waals surface area contributed by atoms with E-state index in [0.717, 1.165) is 24.9 Å². The van der Waals surface area contributed by atoms with Crippen LogP contribution >= 0.6 is 0 Å². The normalized spacial score (nSPS) is 20.9. The number of carbonyl (C=O) groups excluding carboxylic acids is 1. The first-order valence-electron chi connectivity index (χ1n) is 8.85. The average molecular weight is 350 g/mol. The van der Waals surface area contributed by atoms with Gasteiger partial charge in [0, 0.05) is 25.2 Å². The van der Waals surface area contributed by atoms with Crippen molar-refractivity contribution >= 4 is 5.91 Å². The van der Waals surface area contributed by atoms with E-state index in [4.69, 9.17) is 9.47 Å². The van der Waals surface area contributed by atoms with E-state index in [1.54, 1.807) is 19.1 Å². The number of ether oxygens (including phenoxy) is 2. The van der Waals surface area contributed by atoms with E-state index in [1.807, 2.05) is 30.1 Å². The van der Waals surface area contributed by atoms with E-state index in [-0.39, 0.29) is 5.91 Å². The van der Waals surface area contributed by atoms with Gasteiger partial charge in [0.05, 0.1) is 14.2 Å². The minimum atomic E-state index is -1.31. The third-order valence-electron chi connectivity index (χ3n) is 4.69. The number of amides is 1. The highest BCUT2D eigenvalue weighted by atomic mass is 16.5. The first-order chi connectivity index (χ1) is 11.9. The highest BCUT2D eigenvalue weighted by Gasteiger charge is 2.42. The van der Waals surface area contributed by atoms with Gasteiger partial charge in [-0.05, 0) is 38.9 Å². The molecule has 1 aliphatic heterocycles. The Labute approximate surface area is 150 Å². The summed E-state index contributed by atoms with van der Waals surface area (Å²) in [6.07, 6.45) is 2.28. The number of hydrogen-bond acceptors (Lipinski definition) is 5. The third-order valence-corrected chi connectivity index (χ3v) is 4.69. The largest absolute Gasteiger partial charge is 0.493 e. The molecule has 0 aromatic heterocycles. The SMILES string of the molecule is CCCN(C)C[C@@]1(O)CCCN(Cc2cccc(OC)c2OC)C1=O. The summed E-state index contributed by atoms with van der Waals surface area (Å²) in [6, 6.07) is 5.63. The fraction of sp³-hybridized carbons (Fsp3) is 0.632. The third kappa shape index (κ3) is 4.44. The topological polar surface area (TPSA) is 62.2 Å². The van der Waals surface area contributed by atoms with Crippen molar-refractivity contribution in [1.82, 2.24) is 9.80 Å². The Kier molecular flexibility index (Phi) is 6.67. The second kappa shape index (κ2) is 8.54. The number of rotatable bonds is 8. The molecule has 1 N–H and O–H groups in total. The van der Waals surface area contributed by atoms with Crippen LogP contribution in [0.15, 0.2) is 18.2 Å².